The largest absolute Gasteiger partial charge is 0.388 e. The Labute approximate surface area is 121 Å². The third-order valence-electron chi connectivity index (χ3n) is 3.97. The lowest BCUT2D eigenvalue weighted by molar-refractivity contribution is 0.0903. The molecule has 0 saturated heterocycles. The van der Waals surface area contributed by atoms with Crippen molar-refractivity contribution in [3.05, 3.63) is 59.4 Å². The number of benzene rings is 1. The van der Waals surface area contributed by atoms with Crippen LogP contribution in [0.15, 0.2) is 36.7 Å². The number of hydrogen-bond acceptors (Lipinski definition) is 4. The maximum atomic E-state index is 13.9. The van der Waals surface area contributed by atoms with Crippen LogP contribution in [0.1, 0.15) is 34.6 Å². The van der Waals surface area contributed by atoms with Crippen molar-refractivity contribution in [2.75, 3.05) is 6.61 Å². The van der Waals surface area contributed by atoms with Gasteiger partial charge < -0.3 is 5.11 Å². The zero-order chi connectivity index (χ0) is 14.9. The molecule has 1 fully saturated rings. The van der Waals surface area contributed by atoms with Gasteiger partial charge >= 0.3 is 0 Å². The molecule has 4 nitrogen and oxygen atoms in total. The van der Waals surface area contributed by atoms with Gasteiger partial charge in [0.15, 0.2) is 5.78 Å². The van der Waals surface area contributed by atoms with E-state index in [1.807, 2.05) is 12.1 Å². The lowest BCUT2D eigenvalue weighted by Gasteiger charge is -2.15. The van der Waals surface area contributed by atoms with Crippen LogP contribution in [0.5, 0.6) is 0 Å². The average Bonchev–Trinajstić information content (AvgIpc) is 3.28. The molecule has 0 radical (unpaired) electrons. The van der Waals surface area contributed by atoms with Gasteiger partial charge in [-0.05, 0) is 24.5 Å². The highest BCUT2D eigenvalue weighted by atomic mass is 19.1. The normalized spacial score (nSPS) is 15.7. The molecule has 0 bridgehead atoms. The Morgan fingerprint density at radius 3 is 2.48 bits per heavy atom. The molecule has 5 heteroatoms. The number of nitrogens with zero attached hydrogens (tertiary/aromatic N) is 2. The molecule has 1 saturated carbocycles. The third-order valence-corrected chi connectivity index (χ3v) is 3.97. The smallest absolute Gasteiger partial charge is 0.191 e. The molecule has 0 spiro atoms. The number of Topliss-reactive ketones (excluding diaryl/α,β-unsaturated/α-hetero) is 1. The number of hydrogen-bond donors (Lipinski definition) is 1. The number of aliphatic hydroxyl groups excluding tert-OH is 1. The second kappa shape index (κ2) is 5.33. The first kappa shape index (κ1) is 13.8. The lowest BCUT2D eigenvalue weighted by atomic mass is 9.91. The number of ketones is 1. The van der Waals surface area contributed by atoms with Crippen LogP contribution in [0.3, 0.4) is 0 Å². The molecule has 1 heterocycles. The standard InChI is InChI=1S/C16H15FN2O2/c17-13-4-2-1-3-12(13)16(5-6-16)7-15-18-8-11(9-19-15)14(21)10-20/h1-4,8-9,20H,5-7,10H2. The number of aromatic nitrogens is 2. The Balaban J connectivity index is 1.81. The molecule has 21 heavy (non-hydrogen) atoms. The summed E-state index contributed by atoms with van der Waals surface area (Å²) in [6.07, 6.45) is 5.21. The molecule has 1 aliphatic carbocycles. The van der Waals surface area contributed by atoms with Crippen LogP contribution in [0.4, 0.5) is 4.39 Å². The zero-order valence-electron chi connectivity index (χ0n) is 11.4. The monoisotopic (exact) mass is 286 g/mol. The predicted molar refractivity (Wildman–Crippen MR) is 74.5 cm³/mol. The molecule has 1 aromatic heterocycles. The minimum Gasteiger partial charge on any atom is -0.388 e. The van der Waals surface area contributed by atoms with E-state index in [9.17, 15) is 9.18 Å². The summed E-state index contributed by atoms with van der Waals surface area (Å²) in [6, 6.07) is 6.80. The Morgan fingerprint density at radius 1 is 1.24 bits per heavy atom. The van der Waals surface area contributed by atoms with Crippen LogP contribution < -0.4 is 0 Å². The van der Waals surface area contributed by atoms with Crippen molar-refractivity contribution >= 4 is 5.78 Å². The fourth-order valence-electron chi connectivity index (χ4n) is 2.57. The van der Waals surface area contributed by atoms with Crippen molar-refractivity contribution in [3.63, 3.8) is 0 Å². The Bertz CT molecular complexity index is 666. The maximum absolute atomic E-state index is 13.9. The van der Waals surface area contributed by atoms with Gasteiger partial charge in [-0.1, -0.05) is 18.2 Å². The topological polar surface area (TPSA) is 63.1 Å². The van der Waals surface area contributed by atoms with Crippen LogP contribution in [0.25, 0.3) is 0 Å². The summed E-state index contributed by atoms with van der Waals surface area (Å²) >= 11 is 0. The molecule has 0 atom stereocenters. The highest BCUT2D eigenvalue weighted by Crippen LogP contribution is 2.50. The van der Waals surface area contributed by atoms with E-state index in [0.717, 1.165) is 12.8 Å². The number of aliphatic hydroxyl groups is 1. The van der Waals surface area contributed by atoms with Gasteiger partial charge in [-0.2, -0.15) is 0 Å². The number of carbonyl (C=O) groups excluding carboxylic acids is 1. The van der Waals surface area contributed by atoms with E-state index in [1.165, 1.54) is 18.5 Å². The summed E-state index contributed by atoms with van der Waals surface area (Å²) in [5.41, 5.74) is 0.787. The van der Waals surface area contributed by atoms with E-state index in [0.29, 0.717) is 17.8 Å². The highest BCUT2D eigenvalue weighted by molar-refractivity contribution is 5.96. The van der Waals surface area contributed by atoms with Crippen molar-refractivity contribution in [3.8, 4) is 0 Å². The number of halogens is 1. The summed E-state index contributed by atoms with van der Waals surface area (Å²) in [7, 11) is 0. The molecular weight excluding hydrogens is 271 g/mol. The Kier molecular flexibility index (Phi) is 3.51. The van der Waals surface area contributed by atoms with Crippen molar-refractivity contribution in [2.45, 2.75) is 24.7 Å². The predicted octanol–water partition coefficient (Wildman–Crippen LogP) is 2.06. The van der Waals surface area contributed by atoms with Gasteiger partial charge in [-0.3, -0.25) is 4.79 Å². The van der Waals surface area contributed by atoms with Crippen molar-refractivity contribution in [2.24, 2.45) is 0 Å². The first-order valence-corrected chi connectivity index (χ1v) is 6.85. The van der Waals surface area contributed by atoms with Gasteiger partial charge in [0, 0.05) is 24.2 Å². The van der Waals surface area contributed by atoms with Crippen LogP contribution >= 0.6 is 0 Å². The quantitative estimate of drug-likeness (QED) is 0.855. The molecule has 3 rings (SSSR count). The van der Waals surface area contributed by atoms with Crippen LogP contribution in [0, 0.1) is 5.82 Å². The highest BCUT2D eigenvalue weighted by Gasteiger charge is 2.46. The summed E-state index contributed by atoms with van der Waals surface area (Å²) < 4.78 is 13.9. The van der Waals surface area contributed by atoms with Crippen LogP contribution in [-0.2, 0) is 11.8 Å². The second-order valence-corrected chi connectivity index (χ2v) is 5.41. The molecule has 1 aliphatic rings. The second-order valence-electron chi connectivity index (χ2n) is 5.41. The van der Waals surface area contributed by atoms with Gasteiger partial charge in [-0.15, -0.1) is 0 Å². The molecule has 0 amide bonds. The summed E-state index contributed by atoms with van der Waals surface area (Å²) in [5.74, 6) is -0.0101. The van der Waals surface area contributed by atoms with Gasteiger partial charge in [0.2, 0.25) is 0 Å². The first-order valence-electron chi connectivity index (χ1n) is 6.85. The molecule has 2 aromatic rings. The molecule has 108 valence electrons. The fraction of sp³-hybridized carbons (Fsp3) is 0.312. The lowest BCUT2D eigenvalue weighted by Crippen LogP contribution is -2.15. The minimum atomic E-state index is -0.554. The Hall–Kier alpha value is -2.14. The van der Waals surface area contributed by atoms with Crippen LogP contribution in [-0.4, -0.2) is 27.5 Å². The first-order chi connectivity index (χ1) is 10.1. The van der Waals surface area contributed by atoms with Gasteiger partial charge in [0.1, 0.15) is 18.2 Å². The number of carbonyl (C=O) groups is 1. The van der Waals surface area contributed by atoms with Gasteiger partial charge in [0.25, 0.3) is 0 Å². The summed E-state index contributed by atoms with van der Waals surface area (Å²) in [6.45, 7) is -0.554. The fourth-order valence-corrected chi connectivity index (χ4v) is 2.57. The average molecular weight is 286 g/mol. The maximum Gasteiger partial charge on any atom is 0.191 e. The SMILES string of the molecule is O=C(CO)c1cnc(CC2(c3ccccc3F)CC2)nc1. The van der Waals surface area contributed by atoms with E-state index >= 15 is 0 Å². The molecular formula is C16H15FN2O2. The van der Waals surface area contributed by atoms with E-state index in [2.05, 4.69) is 9.97 Å². The molecule has 0 unspecified atom stereocenters. The van der Waals surface area contributed by atoms with Crippen molar-refractivity contribution in [1.29, 1.82) is 0 Å². The van der Waals surface area contributed by atoms with Gasteiger partial charge in [-0.25, -0.2) is 14.4 Å². The minimum absolute atomic E-state index is 0.193. The summed E-state index contributed by atoms with van der Waals surface area (Å²) in [4.78, 5) is 19.6. The van der Waals surface area contributed by atoms with Crippen LogP contribution in [0.2, 0.25) is 0 Å². The molecule has 1 N–H and O–H groups in total. The Morgan fingerprint density at radius 2 is 1.90 bits per heavy atom. The molecule has 1 aromatic carbocycles. The zero-order valence-corrected chi connectivity index (χ0v) is 11.4. The van der Waals surface area contributed by atoms with Gasteiger partial charge in [0.05, 0.1) is 5.56 Å². The number of rotatable bonds is 5. The van der Waals surface area contributed by atoms with Crippen molar-refractivity contribution < 1.29 is 14.3 Å². The van der Waals surface area contributed by atoms with Crippen molar-refractivity contribution in [1.82, 2.24) is 9.97 Å². The third kappa shape index (κ3) is 2.69. The van der Waals surface area contributed by atoms with E-state index in [4.69, 9.17) is 5.11 Å². The van der Waals surface area contributed by atoms with E-state index in [-0.39, 0.29) is 16.8 Å². The molecule has 0 aliphatic heterocycles. The van der Waals surface area contributed by atoms with E-state index in [1.54, 1.807) is 6.07 Å². The summed E-state index contributed by atoms with van der Waals surface area (Å²) in [5, 5.41) is 8.79. The van der Waals surface area contributed by atoms with E-state index < -0.39 is 12.4 Å².